The van der Waals surface area contributed by atoms with Crippen molar-refractivity contribution in [1.29, 1.82) is 0 Å². The second-order valence-corrected chi connectivity index (χ2v) is 5.93. The summed E-state index contributed by atoms with van der Waals surface area (Å²) in [6.45, 7) is 3.41. The van der Waals surface area contributed by atoms with E-state index < -0.39 is 0 Å². The average molecular weight is 290 g/mol. The number of rotatable bonds is 5. The van der Waals surface area contributed by atoms with Crippen molar-refractivity contribution in [2.45, 2.75) is 32.6 Å². The van der Waals surface area contributed by atoms with Crippen molar-refractivity contribution in [3.8, 4) is 5.75 Å². The summed E-state index contributed by atoms with van der Waals surface area (Å²) in [5, 5.41) is 3.05. The third-order valence-electron chi connectivity index (χ3n) is 4.56. The lowest BCUT2D eigenvalue weighted by molar-refractivity contribution is 0.0934. The SMILES string of the molecule is COc1cc(C(=O)NCC2CCCCC2CN)ccc1C. The zero-order valence-electron chi connectivity index (χ0n) is 13.0. The number of carbonyl (C=O) groups excluding carboxylic acids is 1. The fourth-order valence-corrected chi connectivity index (χ4v) is 3.15. The molecule has 0 bridgehead atoms. The minimum Gasteiger partial charge on any atom is -0.496 e. The molecule has 1 fully saturated rings. The molecule has 1 amide bonds. The van der Waals surface area contributed by atoms with Crippen molar-refractivity contribution in [3.05, 3.63) is 29.3 Å². The molecule has 2 rings (SSSR count). The van der Waals surface area contributed by atoms with Crippen LogP contribution in [-0.4, -0.2) is 26.1 Å². The molecule has 0 saturated heterocycles. The first-order chi connectivity index (χ1) is 10.2. The van der Waals surface area contributed by atoms with Crippen LogP contribution in [-0.2, 0) is 0 Å². The Morgan fingerprint density at radius 3 is 2.71 bits per heavy atom. The summed E-state index contributed by atoms with van der Waals surface area (Å²) in [7, 11) is 1.62. The van der Waals surface area contributed by atoms with Gasteiger partial charge in [-0.05, 0) is 55.8 Å². The number of hydrogen-bond donors (Lipinski definition) is 2. The molecule has 3 N–H and O–H groups in total. The van der Waals surface area contributed by atoms with Crippen LogP contribution >= 0.6 is 0 Å². The Morgan fingerprint density at radius 1 is 1.33 bits per heavy atom. The van der Waals surface area contributed by atoms with Gasteiger partial charge in [-0.25, -0.2) is 0 Å². The van der Waals surface area contributed by atoms with Crippen LogP contribution in [0.4, 0.5) is 0 Å². The van der Waals surface area contributed by atoms with Gasteiger partial charge in [0, 0.05) is 12.1 Å². The van der Waals surface area contributed by atoms with E-state index in [1.807, 2.05) is 19.1 Å². The Labute approximate surface area is 127 Å². The summed E-state index contributed by atoms with van der Waals surface area (Å²) in [6.07, 6.45) is 4.87. The average Bonchev–Trinajstić information content (AvgIpc) is 2.53. The lowest BCUT2D eigenvalue weighted by atomic mass is 9.79. The molecule has 2 atom stereocenters. The first kappa shape index (κ1) is 15.8. The summed E-state index contributed by atoms with van der Waals surface area (Å²) in [4.78, 5) is 12.3. The number of nitrogens with two attached hydrogens (primary N) is 1. The molecule has 21 heavy (non-hydrogen) atoms. The Bertz CT molecular complexity index is 488. The highest BCUT2D eigenvalue weighted by Crippen LogP contribution is 2.28. The van der Waals surface area contributed by atoms with Crippen molar-refractivity contribution in [1.82, 2.24) is 5.32 Å². The molecular formula is C17H26N2O2. The molecule has 116 valence electrons. The molecule has 1 aromatic rings. The predicted octanol–water partition coefficient (Wildman–Crippen LogP) is 2.50. The first-order valence-electron chi connectivity index (χ1n) is 7.78. The van der Waals surface area contributed by atoms with E-state index in [0.29, 0.717) is 17.4 Å². The van der Waals surface area contributed by atoms with Crippen molar-refractivity contribution >= 4 is 5.91 Å². The third-order valence-corrected chi connectivity index (χ3v) is 4.56. The molecular weight excluding hydrogens is 264 g/mol. The highest BCUT2D eigenvalue weighted by molar-refractivity contribution is 5.94. The van der Waals surface area contributed by atoms with Crippen LogP contribution in [0.3, 0.4) is 0 Å². The first-order valence-corrected chi connectivity index (χ1v) is 7.78. The third kappa shape index (κ3) is 3.97. The van der Waals surface area contributed by atoms with E-state index in [9.17, 15) is 4.79 Å². The van der Waals surface area contributed by atoms with Crippen LogP contribution in [0.1, 0.15) is 41.6 Å². The van der Waals surface area contributed by atoms with E-state index in [2.05, 4.69) is 5.32 Å². The minimum absolute atomic E-state index is 0.0327. The van der Waals surface area contributed by atoms with Crippen molar-refractivity contribution in [3.63, 3.8) is 0 Å². The van der Waals surface area contributed by atoms with Gasteiger partial charge in [0.15, 0.2) is 0 Å². The standard InChI is InChI=1S/C17H26N2O2/c1-12-7-8-13(9-16(12)21-2)17(20)19-11-15-6-4-3-5-14(15)10-18/h7-9,14-15H,3-6,10-11,18H2,1-2H3,(H,19,20). The number of amides is 1. The van der Waals surface area contributed by atoms with Crippen LogP contribution in [0.2, 0.25) is 0 Å². The summed E-state index contributed by atoms with van der Waals surface area (Å²) < 4.78 is 5.27. The van der Waals surface area contributed by atoms with Crippen LogP contribution in [0.25, 0.3) is 0 Å². The Balaban J connectivity index is 1.95. The van der Waals surface area contributed by atoms with E-state index in [0.717, 1.165) is 24.4 Å². The van der Waals surface area contributed by atoms with Crippen LogP contribution in [0, 0.1) is 18.8 Å². The van der Waals surface area contributed by atoms with E-state index in [4.69, 9.17) is 10.5 Å². The minimum atomic E-state index is -0.0327. The van der Waals surface area contributed by atoms with E-state index in [-0.39, 0.29) is 5.91 Å². The topological polar surface area (TPSA) is 64.3 Å². The summed E-state index contributed by atoms with van der Waals surface area (Å²) in [6, 6.07) is 5.55. The van der Waals surface area contributed by atoms with Gasteiger partial charge >= 0.3 is 0 Å². The Hall–Kier alpha value is -1.55. The normalized spacial score (nSPS) is 21.9. The zero-order chi connectivity index (χ0) is 15.2. The van der Waals surface area contributed by atoms with Gasteiger partial charge in [-0.2, -0.15) is 0 Å². The molecule has 0 radical (unpaired) electrons. The van der Waals surface area contributed by atoms with E-state index in [1.54, 1.807) is 13.2 Å². The van der Waals surface area contributed by atoms with Gasteiger partial charge in [0.1, 0.15) is 5.75 Å². The molecule has 1 aliphatic carbocycles. The van der Waals surface area contributed by atoms with Crippen LogP contribution < -0.4 is 15.8 Å². The summed E-state index contributed by atoms with van der Waals surface area (Å²) >= 11 is 0. The predicted molar refractivity (Wildman–Crippen MR) is 84.6 cm³/mol. The van der Waals surface area contributed by atoms with Gasteiger partial charge in [0.25, 0.3) is 5.91 Å². The van der Waals surface area contributed by atoms with Gasteiger partial charge < -0.3 is 15.8 Å². The molecule has 4 heteroatoms. The molecule has 4 nitrogen and oxygen atoms in total. The number of hydrogen-bond acceptors (Lipinski definition) is 3. The van der Waals surface area contributed by atoms with Crippen molar-refractivity contribution in [2.75, 3.05) is 20.2 Å². The second kappa shape index (κ2) is 7.46. The smallest absolute Gasteiger partial charge is 0.251 e. The van der Waals surface area contributed by atoms with Gasteiger partial charge in [-0.1, -0.05) is 18.9 Å². The van der Waals surface area contributed by atoms with Crippen LogP contribution in [0.15, 0.2) is 18.2 Å². The summed E-state index contributed by atoms with van der Waals surface area (Å²) in [5.41, 5.74) is 7.52. The monoisotopic (exact) mass is 290 g/mol. The van der Waals surface area contributed by atoms with Gasteiger partial charge in [-0.15, -0.1) is 0 Å². The lowest BCUT2D eigenvalue weighted by Gasteiger charge is -2.30. The number of nitrogens with one attached hydrogen (secondary N) is 1. The fourth-order valence-electron chi connectivity index (χ4n) is 3.15. The lowest BCUT2D eigenvalue weighted by Crippen LogP contribution is -2.36. The van der Waals surface area contributed by atoms with Gasteiger partial charge in [-0.3, -0.25) is 4.79 Å². The number of aryl methyl sites for hydroxylation is 1. The van der Waals surface area contributed by atoms with E-state index >= 15 is 0 Å². The Morgan fingerprint density at radius 2 is 2.05 bits per heavy atom. The number of ether oxygens (including phenoxy) is 1. The molecule has 0 aromatic heterocycles. The number of benzene rings is 1. The maximum Gasteiger partial charge on any atom is 0.251 e. The molecule has 1 aromatic carbocycles. The quantitative estimate of drug-likeness (QED) is 0.875. The van der Waals surface area contributed by atoms with Crippen molar-refractivity contribution in [2.24, 2.45) is 17.6 Å². The van der Waals surface area contributed by atoms with Gasteiger partial charge in [0.05, 0.1) is 7.11 Å². The molecule has 0 heterocycles. The Kier molecular flexibility index (Phi) is 5.62. The number of carbonyl (C=O) groups is 1. The second-order valence-electron chi connectivity index (χ2n) is 5.93. The molecule has 0 aliphatic heterocycles. The highest BCUT2D eigenvalue weighted by Gasteiger charge is 2.24. The summed E-state index contributed by atoms with van der Waals surface area (Å²) in [5.74, 6) is 1.78. The van der Waals surface area contributed by atoms with Crippen molar-refractivity contribution < 1.29 is 9.53 Å². The van der Waals surface area contributed by atoms with Gasteiger partial charge in [0.2, 0.25) is 0 Å². The largest absolute Gasteiger partial charge is 0.496 e. The highest BCUT2D eigenvalue weighted by atomic mass is 16.5. The zero-order valence-corrected chi connectivity index (χ0v) is 13.0. The maximum atomic E-state index is 12.3. The molecule has 1 saturated carbocycles. The maximum absolute atomic E-state index is 12.3. The number of methoxy groups -OCH3 is 1. The molecule has 1 aliphatic rings. The van der Waals surface area contributed by atoms with Crippen LogP contribution in [0.5, 0.6) is 5.75 Å². The van der Waals surface area contributed by atoms with E-state index in [1.165, 1.54) is 25.7 Å². The molecule has 0 spiro atoms. The molecule has 2 unspecified atom stereocenters. The fraction of sp³-hybridized carbons (Fsp3) is 0.588.